The number of benzene rings is 1. The lowest BCUT2D eigenvalue weighted by Crippen LogP contribution is -2.20. The molecule has 0 aliphatic rings. The van der Waals surface area contributed by atoms with Crippen LogP contribution in [0.15, 0.2) is 12.1 Å². The molecule has 0 fully saturated rings. The Morgan fingerprint density at radius 2 is 2.05 bits per heavy atom. The smallest absolute Gasteiger partial charge is 0.418 e. The summed E-state index contributed by atoms with van der Waals surface area (Å²) in [6.07, 6.45) is -7.41. The zero-order valence-corrected chi connectivity index (χ0v) is 10.2. The normalized spacial score (nSPS) is 13.8. The molecule has 1 unspecified atom stereocenters. The Hall–Kier alpha value is -1.96. The summed E-state index contributed by atoms with van der Waals surface area (Å²) in [7, 11) is 2.83. The van der Waals surface area contributed by atoms with Crippen molar-refractivity contribution >= 4 is 16.7 Å². The SMILES string of the molecule is COc1c(C(O)C(F)(F)F)ccc2c1c(N)nn2C. The van der Waals surface area contributed by atoms with Crippen LogP contribution in [-0.4, -0.2) is 28.2 Å². The first-order valence-electron chi connectivity index (χ1n) is 5.31. The summed E-state index contributed by atoms with van der Waals surface area (Å²) >= 11 is 0. The van der Waals surface area contributed by atoms with Crippen LogP contribution in [0.25, 0.3) is 10.9 Å². The van der Waals surface area contributed by atoms with E-state index in [1.54, 1.807) is 7.05 Å². The van der Waals surface area contributed by atoms with Crippen LogP contribution in [0.4, 0.5) is 19.0 Å². The number of aliphatic hydroxyl groups excluding tert-OH is 1. The first-order chi connectivity index (χ1) is 8.77. The van der Waals surface area contributed by atoms with Crippen molar-refractivity contribution in [3.8, 4) is 5.75 Å². The topological polar surface area (TPSA) is 73.3 Å². The van der Waals surface area contributed by atoms with Crippen LogP contribution in [-0.2, 0) is 7.05 Å². The van der Waals surface area contributed by atoms with Crippen molar-refractivity contribution in [3.05, 3.63) is 17.7 Å². The maximum atomic E-state index is 12.6. The van der Waals surface area contributed by atoms with Gasteiger partial charge in [0, 0.05) is 12.6 Å². The Bertz CT molecular complexity index is 622. The minimum atomic E-state index is -4.78. The van der Waals surface area contributed by atoms with Gasteiger partial charge in [-0.05, 0) is 6.07 Å². The number of fused-ring (bicyclic) bond motifs is 1. The number of nitrogens with two attached hydrogens (primary N) is 1. The number of aromatic nitrogens is 2. The molecule has 1 aromatic heterocycles. The first kappa shape index (κ1) is 13.5. The Morgan fingerprint density at radius 3 is 2.58 bits per heavy atom. The van der Waals surface area contributed by atoms with E-state index in [2.05, 4.69) is 5.10 Å². The predicted octanol–water partition coefficient (Wildman–Crippen LogP) is 1.76. The second kappa shape index (κ2) is 4.30. The average molecular weight is 275 g/mol. The van der Waals surface area contributed by atoms with Gasteiger partial charge < -0.3 is 15.6 Å². The monoisotopic (exact) mass is 275 g/mol. The standard InChI is InChI=1S/C11H12F3N3O2/c1-17-6-4-3-5(9(18)11(12,13)14)8(19-2)7(6)10(15)16-17/h3-4,9,18H,1-2H3,(H2,15,16). The van der Waals surface area contributed by atoms with E-state index >= 15 is 0 Å². The number of hydrogen-bond donors (Lipinski definition) is 2. The molecule has 0 bridgehead atoms. The third-order valence-electron chi connectivity index (χ3n) is 2.84. The van der Waals surface area contributed by atoms with Gasteiger partial charge >= 0.3 is 6.18 Å². The first-order valence-corrected chi connectivity index (χ1v) is 5.31. The summed E-state index contributed by atoms with van der Waals surface area (Å²) < 4.78 is 44.2. The molecule has 0 spiro atoms. The summed E-state index contributed by atoms with van der Waals surface area (Å²) in [5.74, 6) is -0.0708. The molecule has 5 nitrogen and oxygen atoms in total. The number of aryl methyl sites for hydroxylation is 1. The molecule has 0 saturated heterocycles. The summed E-state index contributed by atoms with van der Waals surface area (Å²) in [6.45, 7) is 0. The number of halogens is 3. The minimum absolute atomic E-state index is 0.0468. The van der Waals surface area contributed by atoms with Gasteiger partial charge in [-0.25, -0.2) is 0 Å². The highest BCUT2D eigenvalue weighted by atomic mass is 19.4. The molecule has 1 heterocycles. The number of nitrogens with zero attached hydrogens (tertiary/aromatic N) is 2. The molecule has 1 aromatic carbocycles. The minimum Gasteiger partial charge on any atom is -0.496 e. The molecule has 19 heavy (non-hydrogen) atoms. The van der Waals surface area contributed by atoms with Gasteiger partial charge in [-0.2, -0.15) is 18.3 Å². The van der Waals surface area contributed by atoms with Crippen LogP contribution in [0.1, 0.15) is 11.7 Å². The van der Waals surface area contributed by atoms with E-state index in [9.17, 15) is 18.3 Å². The molecule has 0 aliphatic heterocycles. The third kappa shape index (κ3) is 2.07. The van der Waals surface area contributed by atoms with Crippen LogP contribution in [0.2, 0.25) is 0 Å². The molecule has 2 rings (SSSR count). The summed E-state index contributed by atoms with van der Waals surface area (Å²) in [6, 6.07) is 2.56. The molecule has 3 N–H and O–H groups in total. The fraction of sp³-hybridized carbons (Fsp3) is 0.364. The van der Waals surface area contributed by atoms with E-state index in [-0.39, 0.29) is 22.5 Å². The number of hydrogen-bond acceptors (Lipinski definition) is 4. The van der Waals surface area contributed by atoms with Crippen molar-refractivity contribution < 1.29 is 23.0 Å². The Labute approximate surface area is 106 Å². The van der Waals surface area contributed by atoms with E-state index in [1.807, 2.05) is 0 Å². The van der Waals surface area contributed by atoms with Gasteiger partial charge in [0.25, 0.3) is 0 Å². The number of alkyl halides is 3. The van der Waals surface area contributed by atoms with Crippen LogP contribution in [0.5, 0.6) is 5.75 Å². The van der Waals surface area contributed by atoms with Crippen molar-refractivity contribution in [2.75, 3.05) is 12.8 Å². The molecular weight excluding hydrogens is 263 g/mol. The van der Waals surface area contributed by atoms with Crippen molar-refractivity contribution in [2.45, 2.75) is 12.3 Å². The van der Waals surface area contributed by atoms with Gasteiger partial charge in [-0.3, -0.25) is 4.68 Å². The summed E-state index contributed by atoms with van der Waals surface area (Å²) in [5, 5.41) is 13.5. The maximum absolute atomic E-state index is 12.6. The molecular formula is C11H12F3N3O2. The Morgan fingerprint density at radius 1 is 1.42 bits per heavy atom. The zero-order valence-electron chi connectivity index (χ0n) is 10.2. The lowest BCUT2D eigenvalue weighted by atomic mass is 10.0. The Kier molecular flexibility index (Phi) is 3.05. The van der Waals surface area contributed by atoms with Gasteiger partial charge in [0.05, 0.1) is 18.0 Å². The van der Waals surface area contributed by atoms with Crippen LogP contribution < -0.4 is 10.5 Å². The lowest BCUT2D eigenvalue weighted by molar-refractivity contribution is -0.207. The third-order valence-corrected chi connectivity index (χ3v) is 2.84. The van der Waals surface area contributed by atoms with Crippen LogP contribution in [0.3, 0.4) is 0 Å². The fourth-order valence-electron chi connectivity index (χ4n) is 1.98. The largest absolute Gasteiger partial charge is 0.496 e. The molecule has 0 amide bonds. The average Bonchev–Trinajstić information content (AvgIpc) is 2.62. The number of anilines is 1. The highest BCUT2D eigenvalue weighted by Crippen LogP contribution is 2.41. The number of methoxy groups -OCH3 is 1. The quantitative estimate of drug-likeness (QED) is 0.876. The van der Waals surface area contributed by atoms with Gasteiger partial charge in [0.2, 0.25) is 0 Å². The Balaban J connectivity index is 2.74. The number of aliphatic hydroxyl groups is 1. The van der Waals surface area contributed by atoms with Crippen molar-refractivity contribution in [2.24, 2.45) is 7.05 Å². The predicted molar refractivity (Wildman–Crippen MR) is 62.7 cm³/mol. The highest BCUT2D eigenvalue weighted by Gasteiger charge is 2.41. The lowest BCUT2D eigenvalue weighted by Gasteiger charge is -2.18. The maximum Gasteiger partial charge on any atom is 0.418 e. The van der Waals surface area contributed by atoms with E-state index in [0.717, 1.165) is 6.07 Å². The van der Waals surface area contributed by atoms with Crippen LogP contribution >= 0.6 is 0 Å². The van der Waals surface area contributed by atoms with Crippen molar-refractivity contribution in [1.29, 1.82) is 0 Å². The van der Waals surface area contributed by atoms with Gasteiger partial charge in [0.15, 0.2) is 11.9 Å². The molecule has 104 valence electrons. The number of ether oxygens (including phenoxy) is 1. The zero-order chi connectivity index (χ0) is 14.4. The summed E-state index contributed by atoms with van der Waals surface area (Å²) in [5.41, 5.74) is 5.79. The summed E-state index contributed by atoms with van der Waals surface area (Å²) in [4.78, 5) is 0. The van der Waals surface area contributed by atoms with Crippen molar-refractivity contribution in [3.63, 3.8) is 0 Å². The molecule has 1 atom stereocenters. The number of rotatable bonds is 2. The van der Waals surface area contributed by atoms with Gasteiger partial charge in [-0.1, -0.05) is 6.07 Å². The molecule has 8 heteroatoms. The van der Waals surface area contributed by atoms with E-state index in [0.29, 0.717) is 5.52 Å². The second-order valence-electron chi connectivity index (χ2n) is 4.04. The molecule has 0 radical (unpaired) electrons. The molecule has 0 saturated carbocycles. The van der Waals surface area contributed by atoms with Crippen LogP contribution in [0, 0.1) is 0 Å². The second-order valence-corrected chi connectivity index (χ2v) is 4.04. The van der Waals surface area contributed by atoms with Crippen molar-refractivity contribution in [1.82, 2.24) is 9.78 Å². The van der Waals surface area contributed by atoms with Gasteiger partial charge in [-0.15, -0.1) is 0 Å². The van der Waals surface area contributed by atoms with Gasteiger partial charge in [0.1, 0.15) is 5.75 Å². The van der Waals surface area contributed by atoms with E-state index in [1.165, 1.54) is 17.9 Å². The fourth-order valence-corrected chi connectivity index (χ4v) is 1.98. The highest BCUT2D eigenvalue weighted by molar-refractivity contribution is 5.95. The van der Waals surface area contributed by atoms with E-state index < -0.39 is 12.3 Å². The van der Waals surface area contributed by atoms with E-state index in [4.69, 9.17) is 10.5 Å². The number of nitrogen functional groups attached to an aromatic ring is 1. The molecule has 0 aliphatic carbocycles. The molecule has 2 aromatic rings.